The molecule has 0 aliphatic carbocycles. The second-order valence-electron chi connectivity index (χ2n) is 5.52. The molecule has 0 aromatic heterocycles. The molecule has 1 atom stereocenters. The van der Waals surface area contributed by atoms with Gasteiger partial charge in [-0.25, -0.2) is 0 Å². The van der Waals surface area contributed by atoms with Crippen LogP contribution in [0, 0.1) is 10.8 Å². The number of allylic oxidation sites excluding steroid dienone is 1. The Labute approximate surface area is 105 Å². The van der Waals surface area contributed by atoms with E-state index in [-0.39, 0.29) is 16.6 Å². The quantitative estimate of drug-likeness (QED) is 0.477. The molecule has 0 aliphatic heterocycles. The van der Waals surface area contributed by atoms with Crippen LogP contribution in [0.4, 0.5) is 0 Å². The minimum atomic E-state index is -0.249. The van der Waals surface area contributed by atoms with Gasteiger partial charge in [0.25, 0.3) is 0 Å². The van der Waals surface area contributed by atoms with Crippen molar-refractivity contribution in [3.05, 3.63) is 12.3 Å². The maximum Gasteiger partial charge on any atom is 0.0907 e. The van der Waals surface area contributed by atoms with Crippen LogP contribution in [-0.2, 0) is 0 Å². The molecule has 0 aromatic carbocycles. The molecular weight excluding hydrogens is 224 g/mol. The normalized spacial score (nSPS) is 15.1. The molecular formula is C12H24OS2. The fourth-order valence-corrected chi connectivity index (χ4v) is 2.55. The van der Waals surface area contributed by atoms with Gasteiger partial charge in [0.2, 0.25) is 0 Å². The molecule has 0 fully saturated rings. The summed E-state index contributed by atoms with van der Waals surface area (Å²) in [4.78, 5) is 0. The number of thiol groups is 2. The van der Waals surface area contributed by atoms with E-state index in [2.05, 4.69) is 45.7 Å². The maximum atomic E-state index is 9.52. The highest BCUT2D eigenvalue weighted by Crippen LogP contribution is 2.42. The predicted octanol–water partition coefficient (Wildman–Crippen LogP) is 4.12. The third-order valence-corrected chi connectivity index (χ3v) is 4.20. The largest absolute Gasteiger partial charge is 0.512 e. The molecule has 0 amide bonds. The van der Waals surface area contributed by atoms with Crippen molar-refractivity contribution in [3.63, 3.8) is 0 Å². The summed E-state index contributed by atoms with van der Waals surface area (Å²) in [5.74, 6) is 1.10. The zero-order valence-corrected chi connectivity index (χ0v) is 12.0. The minimum Gasteiger partial charge on any atom is -0.512 e. The molecule has 3 heteroatoms. The van der Waals surface area contributed by atoms with Crippen LogP contribution in [0.15, 0.2) is 12.3 Å². The molecule has 0 saturated heterocycles. The van der Waals surface area contributed by atoms with Gasteiger partial charge in [-0.05, 0) is 24.0 Å². The summed E-state index contributed by atoms with van der Waals surface area (Å²) in [6.07, 6.45) is 1.85. The zero-order valence-electron chi connectivity index (χ0n) is 10.2. The monoisotopic (exact) mass is 248 g/mol. The lowest BCUT2D eigenvalue weighted by atomic mass is 9.72. The molecule has 0 bridgehead atoms. The summed E-state index contributed by atoms with van der Waals surface area (Å²) in [5, 5.41) is 9.82. The Hall–Kier alpha value is 0.240. The predicted molar refractivity (Wildman–Crippen MR) is 75.2 cm³/mol. The smallest absolute Gasteiger partial charge is 0.0907 e. The van der Waals surface area contributed by atoms with Gasteiger partial charge in [0, 0.05) is 10.7 Å². The van der Waals surface area contributed by atoms with E-state index in [9.17, 15) is 5.11 Å². The number of rotatable bonds is 6. The van der Waals surface area contributed by atoms with Crippen LogP contribution in [0.2, 0.25) is 0 Å². The van der Waals surface area contributed by atoms with E-state index in [1.165, 1.54) is 0 Å². The van der Waals surface area contributed by atoms with Gasteiger partial charge in [0.15, 0.2) is 0 Å². The SMILES string of the molecule is C=C(O)C(C)(C)CC(C)(C)C(S)CCS. The van der Waals surface area contributed by atoms with Crippen molar-refractivity contribution in [2.75, 3.05) is 5.75 Å². The zero-order chi connectivity index (χ0) is 12.3. The minimum absolute atomic E-state index is 0.0704. The van der Waals surface area contributed by atoms with Gasteiger partial charge in [0.1, 0.15) is 0 Å². The standard InChI is InChI=1S/C12H24OS2/c1-9(13)11(2,3)8-12(4,5)10(15)6-7-14/h10,13-15H,1,6-8H2,2-5H3. The molecule has 1 unspecified atom stereocenters. The number of hydrogen-bond acceptors (Lipinski definition) is 3. The Kier molecular flexibility index (Phi) is 5.62. The van der Waals surface area contributed by atoms with Crippen molar-refractivity contribution in [2.45, 2.75) is 45.8 Å². The highest BCUT2D eigenvalue weighted by atomic mass is 32.1. The van der Waals surface area contributed by atoms with Crippen LogP contribution in [-0.4, -0.2) is 16.1 Å². The van der Waals surface area contributed by atoms with Crippen LogP contribution in [0.1, 0.15) is 40.5 Å². The molecule has 90 valence electrons. The summed E-state index contributed by atoms with van der Waals surface area (Å²) in [7, 11) is 0. The molecule has 0 rings (SSSR count). The summed E-state index contributed by atoms with van der Waals surface area (Å²) in [6, 6.07) is 0. The van der Waals surface area contributed by atoms with E-state index >= 15 is 0 Å². The van der Waals surface area contributed by atoms with Crippen molar-refractivity contribution in [1.82, 2.24) is 0 Å². The Balaban J connectivity index is 4.55. The lowest BCUT2D eigenvalue weighted by Crippen LogP contribution is -2.32. The second-order valence-corrected chi connectivity index (χ2v) is 6.59. The van der Waals surface area contributed by atoms with Gasteiger partial charge in [-0.2, -0.15) is 25.3 Å². The third kappa shape index (κ3) is 4.73. The van der Waals surface area contributed by atoms with E-state index in [4.69, 9.17) is 0 Å². The average Bonchev–Trinajstić information content (AvgIpc) is 2.02. The van der Waals surface area contributed by atoms with Crippen molar-refractivity contribution < 1.29 is 5.11 Å². The van der Waals surface area contributed by atoms with Crippen LogP contribution in [0.3, 0.4) is 0 Å². The molecule has 0 spiro atoms. The number of aliphatic hydroxyl groups is 1. The summed E-state index contributed by atoms with van der Waals surface area (Å²) >= 11 is 8.84. The van der Waals surface area contributed by atoms with E-state index in [0.29, 0.717) is 5.25 Å². The van der Waals surface area contributed by atoms with Gasteiger partial charge in [-0.1, -0.05) is 34.3 Å². The van der Waals surface area contributed by atoms with Gasteiger partial charge in [-0.3, -0.25) is 0 Å². The molecule has 0 radical (unpaired) electrons. The Morgan fingerprint density at radius 2 is 1.80 bits per heavy atom. The second kappa shape index (κ2) is 5.53. The number of aliphatic hydroxyl groups excluding tert-OH is 1. The first-order valence-corrected chi connectivity index (χ1v) is 6.45. The van der Waals surface area contributed by atoms with Crippen molar-refractivity contribution in [3.8, 4) is 0 Å². The van der Waals surface area contributed by atoms with Crippen LogP contribution in [0.5, 0.6) is 0 Å². The Morgan fingerprint density at radius 1 is 1.33 bits per heavy atom. The topological polar surface area (TPSA) is 20.2 Å². The van der Waals surface area contributed by atoms with Crippen molar-refractivity contribution in [1.29, 1.82) is 0 Å². The van der Waals surface area contributed by atoms with Crippen molar-refractivity contribution >= 4 is 25.3 Å². The highest BCUT2D eigenvalue weighted by molar-refractivity contribution is 7.81. The fraction of sp³-hybridized carbons (Fsp3) is 0.833. The van der Waals surface area contributed by atoms with Crippen LogP contribution in [0.25, 0.3) is 0 Å². The lowest BCUT2D eigenvalue weighted by Gasteiger charge is -2.38. The molecule has 0 saturated carbocycles. The van der Waals surface area contributed by atoms with E-state index in [1.807, 2.05) is 13.8 Å². The third-order valence-electron chi connectivity index (χ3n) is 2.98. The summed E-state index contributed by atoms with van der Waals surface area (Å²) in [5.41, 5.74) is -0.178. The molecule has 1 N–H and O–H groups in total. The van der Waals surface area contributed by atoms with Crippen molar-refractivity contribution in [2.24, 2.45) is 10.8 Å². The molecule has 0 heterocycles. The highest BCUT2D eigenvalue weighted by Gasteiger charge is 2.34. The van der Waals surface area contributed by atoms with Gasteiger partial charge >= 0.3 is 0 Å². The first-order valence-electron chi connectivity index (χ1n) is 5.31. The van der Waals surface area contributed by atoms with Gasteiger partial charge < -0.3 is 5.11 Å². The summed E-state index contributed by atoms with van der Waals surface area (Å²) in [6.45, 7) is 12.0. The first-order chi connectivity index (χ1) is 6.63. The van der Waals surface area contributed by atoms with Gasteiger partial charge in [-0.15, -0.1) is 0 Å². The Morgan fingerprint density at radius 3 is 2.13 bits per heavy atom. The number of hydrogen-bond donors (Lipinski definition) is 3. The van der Waals surface area contributed by atoms with E-state index in [1.54, 1.807) is 0 Å². The van der Waals surface area contributed by atoms with Crippen LogP contribution < -0.4 is 0 Å². The summed E-state index contributed by atoms with van der Waals surface area (Å²) < 4.78 is 0. The molecule has 0 aliphatic rings. The Bertz CT molecular complexity index is 222. The van der Waals surface area contributed by atoms with E-state index in [0.717, 1.165) is 18.6 Å². The maximum absolute atomic E-state index is 9.52. The first kappa shape index (κ1) is 15.2. The molecule has 1 nitrogen and oxygen atoms in total. The lowest BCUT2D eigenvalue weighted by molar-refractivity contribution is 0.165. The average molecular weight is 248 g/mol. The van der Waals surface area contributed by atoms with Crippen LogP contribution >= 0.6 is 25.3 Å². The fourth-order valence-electron chi connectivity index (χ4n) is 1.87. The molecule has 0 aromatic rings. The molecule has 15 heavy (non-hydrogen) atoms. The van der Waals surface area contributed by atoms with Gasteiger partial charge in [0.05, 0.1) is 5.76 Å². The van der Waals surface area contributed by atoms with E-state index < -0.39 is 0 Å².